The molecule has 1 saturated heterocycles. The molecule has 0 aromatic heterocycles. The third-order valence-electron chi connectivity index (χ3n) is 3.33. The van der Waals surface area contributed by atoms with Gasteiger partial charge in [-0.1, -0.05) is 0 Å². The lowest BCUT2D eigenvalue weighted by Gasteiger charge is -2.33. The number of carbonyl (C=O) groups excluding carboxylic acids is 1. The Morgan fingerprint density at radius 2 is 1.85 bits per heavy atom. The Morgan fingerprint density at radius 1 is 1.20 bits per heavy atom. The van der Waals surface area contributed by atoms with Gasteiger partial charge < -0.3 is 25.4 Å². The number of aromatic hydroxyl groups is 2. The van der Waals surface area contributed by atoms with Gasteiger partial charge in [0.2, 0.25) is 0 Å². The highest BCUT2D eigenvalue weighted by Crippen LogP contribution is 2.25. The van der Waals surface area contributed by atoms with Crippen LogP contribution in [-0.4, -0.2) is 45.9 Å². The second-order valence-corrected chi connectivity index (χ2v) is 4.66. The van der Waals surface area contributed by atoms with E-state index in [1.165, 1.54) is 12.1 Å². The first-order valence-electron chi connectivity index (χ1n) is 6.10. The number of carboxylic acids is 1. The monoisotopic (exact) mass is 281 g/mol. The van der Waals surface area contributed by atoms with Crippen LogP contribution >= 0.6 is 0 Å². The SMILES string of the molecule is O=C(NC1(C(=O)O)CCOCC1)c1ccc(O)cc1O. The maximum atomic E-state index is 12.1. The van der Waals surface area contributed by atoms with E-state index in [0.29, 0.717) is 0 Å². The highest BCUT2D eigenvalue weighted by atomic mass is 16.5. The van der Waals surface area contributed by atoms with Crippen LogP contribution in [0.3, 0.4) is 0 Å². The summed E-state index contributed by atoms with van der Waals surface area (Å²) in [4.78, 5) is 23.5. The smallest absolute Gasteiger partial charge is 0.329 e. The fourth-order valence-corrected chi connectivity index (χ4v) is 2.11. The molecule has 0 bridgehead atoms. The minimum absolute atomic E-state index is 0.0880. The van der Waals surface area contributed by atoms with Crippen LogP contribution in [0.4, 0.5) is 0 Å². The number of nitrogens with one attached hydrogen (secondary N) is 1. The fraction of sp³-hybridized carbons (Fsp3) is 0.385. The summed E-state index contributed by atoms with van der Waals surface area (Å²) in [5.74, 6) is -2.42. The summed E-state index contributed by atoms with van der Waals surface area (Å²) in [5.41, 5.74) is -1.48. The van der Waals surface area contributed by atoms with Crippen LogP contribution in [0, 0.1) is 0 Å². The maximum Gasteiger partial charge on any atom is 0.329 e. The van der Waals surface area contributed by atoms with E-state index in [1.807, 2.05) is 0 Å². The lowest BCUT2D eigenvalue weighted by Crippen LogP contribution is -2.57. The molecule has 1 fully saturated rings. The zero-order chi connectivity index (χ0) is 14.8. The summed E-state index contributed by atoms with van der Waals surface area (Å²) in [6.07, 6.45) is 0.319. The molecule has 1 aromatic carbocycles. The van der Waals surface area contributed by atoms with E-state index < -0.39 is 23.2 Å². The van der Waals surface area contributed by atoms with Crippen LogP contribution < -0.4 is 5.32 Å². The van der Waals surface area contributed by atoms with Crippen LogP contribution in [-0.2, 0) is 9.53 Å². The van der Waals surface area contributed by atoms with Gasteiger partial charge in [0.1, 0.15) is 17.0 Å². The lowest BCUT2D eigenvalue weighted by atomic mass is 9.89. The molecule has 20 heavy (non-hydrogen) atoms. The number of benzene rings is 1. The van der Waals surface area contributed by atoms with Crippen LogP contribution in [0.5, 0.6) is 11.5 Å². The molecule has 0 spiro atoms. The second-order valence-electron chi connectivity index (χ2n) is 4.66. The quantitative estimate of drug-likeness (QED) is 0.639. The highest BCUT2D eigenvalue weighted by molar-refractivity contribution is 6.00. The number of phenols is 2. The largest absolute Gasteiger partial charge is 0.508 e. The number of ether oxygens (including phenoxy) is 1. The molecule has 0 unspecified atom stereocenters. The molecule has 4 N–H and O–H groups in total. The van der Waals surface area contributed by atoms with Crippen molar-refractivity contribution < 1.29 is 29.6 Å². The van der Waals surface area contributed by atoms with Gasteiger partial charge in [0, 0.05) is 32.1 Å². The van der Waals surface area contributed by atoms with Crippen molar-refractivity contribution in [2.75, 3.05) is 13.2 Å². The predicted octanol–water partition coefficient (Wildman–Crippen LogP) is 0.461. The summed E-state index contributed by atoms with van der Waals surface area (Å²) < 4.78 is 5.10. The van der Waals surface area contributed by atoms with Crippen molar-refractivity contribution >= 4 is 11.9 Å². The Labute approximate surface area is 114 Å². The molecule has 1 heterocycles. The van der Waals surface area contributed by atoms with E-state index in [9.17, 15) is 24.9 Å². The average Bonchev–Trinajstić information content (AvgIpc) is 2.39. The molecule has 0 saturated carbocycles. The summed E-state index contributed by atoms with van der Waals surface area (Å²) in [7, 11) is 0. The molecule has 1 aliphatic heterocycles. The average molecular weight is 281 g/mol. The van der Waals surface area contributed by atoms with Crippen LogP contribution in [0.1, 0.15) is 23.2 Å². The van der Waals surface area contributed by atoms with Crippen molar-refractivity contribution in [3.05, 3.63) is 23.8 Å². The van der Waals surface area contributed by atoms with E-state index in [0.717, 1.165) is 6.07 Å². The Hall–Kier alpha value is -2.28. The van der Waals surface area contributed by atoms with Gasteiger partial charge in [-0.2, -0.15) is 0 Å². The maximum absolute atomic E-state index is 12.1. The molecule has 0 radical (unpaired) electrons. The minimum Gasteiger partial charge on any atom is -0.508 e. The summed E-state index contributed by atoms with van der Waals surface area (Å²) in [6, 6.07) is 3.49. The molecule has 1 aliphatic rings. The normalized spacial score (nSPS) is 17.4. The van der Waals surface area contributed by atoms with E-state index >= 15 is 0 Å². The molecule has 7 heteroatoms. The first-order valence-corrected chi connectivity index (χ1v) is 6.10. The molecule has 2 rings (SSSR count). The van der Waals surface area contributed by atoms with Crippen molar-refractivity contribution in [1.29, 1.82) is 0 Å². The van der Waals surface area contributed by atoms with E-state index in [2.05, 4.69) is 5.32 Å². The fourth-order valence-electron chi connectivity index (χ4n) is 2.11. The molecule has 0 atom stereocenters. The number of phenolic OH excluding ortho intramolecular Hbond substituents is 2. The summed E-state index contributed by atoms with van der Waals surface area (Å²) in [5, 5.41) is 30.6. The summed E-state index contributed by atoms with van der Waals surface area (Å²) in [6.45, 7) is 0.488. The second kappa shape index (κ2) is 5.38. The Kier molecular flexibility index (Phi) is 3.80. The molecule has 1 aromatic rings. The van der Waals surface area contributed by atoms with Gasteiger partial charge in [0.05, 0.1) is 5.56 Å². The van der Waals surface area contributed by atoms with Gasteiger partial charge in [-0.25, -0.2) is 4.79 Å². The molecule has 1 amide bonds. The van der Waals surface area contributed by atoms with E-state index in [1.54, 1.807) is 0 Å². The number of hydrogen-bond donors (Lipinski definition) is 4. The molecule has 0 aliphatic carbocycles. The number of amides is 1. The zero-order valence-corrected chi connectivity index (χ0v) is 10.6. The van der Waals surface area contributed by atoms with Gasteiger partial charge in [-0.3, -0.25) is 4.79 Å². The van der Waals surface area contributed by atoms with Gasteiger partial charge in [0.15, 0.2) is 0 Å². The number of aliphatic carboxylic acids is 1. The number of carbonyl (C=O) groups is 2. The zero-order valence-electron chi connectivity index (χ0n) is 10.6. The van der Waals surface area contributed by atoms with Gasteiger partial charge in [-0.15, -0.1) is 0 Å². The highest BCUT2D eigenvalue weighted by Gasteiger charge is 2.42. The predicted molar refractivity (Wildman–Crippen MR) is 67.7 cm³/mol. The third kappa shape index (κ3) is 2.67. The summed E-state index contributed by atoms with van der Waals surface area (Å²) >= 11 is 0. The topological polar surface area (TPSA) is 116 Å². The van der Waals surface area contributed by atoms with Gasteiger partial charge in [0.25, 0.3) is 5.91 Å². The van der Waals surface area contributed by atoms with Crippen molar-refractivity contribution in [2.24, 2.45) is 0 Å². The Morgan fingerprint density at radius 3 is 2.40 bits per heavy atom. The van der Waals surface area contributed by atoms with Crippen molar-refractivity contribution in [3.63, 3.8) is 0 Å². The third-order valence-corrected chi connectivity index (χ3v) is 3.33. The first-order chi connectivity index (χ1) is 9.44. The Balaban J connectivity index is 2.22. The van der Waals surface area contributed by atoms with Crippen molar-refractivity contribution in [2.45, 2.75) is 18.4 Å². The minimum atomic E-state index is -1.39. The molecule has 108 valence electrons. The molecule has 7 nitrogen and oxygen atoms in total. The molecular weight excluding hydrogens is 266 g/mol. The number of rotatable bonds is 3. The lowest BCUT2D eigenvalue weighted by molar-refractivity contribution is -0.148. The van der Waals surface area contributed by atoms with Crippen molar-refractivity contribution in [3.8, 4) is 11.5 Å². The van der Waals surface area contributed by atoms with Crippen LogP contribution in [0.25, 0.3) is 0 Å². The van der Waals surface area contributed by atoms with E-state index in [-0.39, 0.29) is 37.4 Å². The standard InChI is InChI=1S/C13H15NO6/c15-8-1-2-9(10(16)7-8)11(17)14-13(12(18)19)3-5-20-6-4-13/h1-2,7,15-16H,3-6H2,(H,14,17)(H,18,19). The van der Waals surface area contributed by atoms with Crippen LogP contribution in [0.2, 0.25) is 0 Å². The van der Waals surface area contributed by atoms with Gasteiger partial charge in [-0.05, 0) is 12.1 Å². The Bertz CT molecular complexity index is 536. The van der Waals surface area contributed by atoms with Gasteiger partial charge >= 0.3 is 5.97 Å². The number of carboxylic acid groups (broad SMARTS) is 1. The van der Waals surface area contributed by atoms with Crippen LogP contribution in [0.15, 0.2) is 18.2 Å². The first kappa shape index (κ1) is 14.1. The number of hydrogen-bond acceptors (Lipinski definition) is 5. The van der Waals surface area contributed by atoms with E-state index in [4.69, 9.17) is 4.74 Å². The molecular formula is C13H15NO6. The van der Waals surface area contributed by atoms with Crippen molar-refractivity contribution in [1.82, 2.24) is 5.32 Å².